The Kier molecular flexibility index (Phi) is 5.51. The third-order valence-corrected chi connectivity index (χ3v) is 4.59. The van der Waals surface area contributed by atoms with E-state index >= 15 is 0 Å². The number of nitrogens with one attached hydrogen (secondary N) is 1. The van der Waals surface area contributed by atoms with E-state index in [-0.39, 0.29) is 35.8 Å². The van der Waals surface area contributed by atoms with Crippen molar-refractivity contribution >= 4 is 5.91 Å². The molecule has 1 aliphatic rings. The molecule has 3 atom stereocenters. The van der Waals surface area contributed by atoms with Crippen LogP contribution < -0.4 is 5.32 Å². The predicted molar refractivity (Wildman–Crippen MR) is 80.3 cm³/mol. The van der Waals surface area contributed by atoms with Crippen molar-refractivity contribution in [1.82, 2.24) is 5.32 Å². The first kappa shape index (κ1) is 16.9. The molecule has 1 aromatic carbocycles. The van der Waals surface area contributed by atoms with Gasteiger partial charge in [-0.3, -0.25) is 4.79 Å². The number of rotatable bonds is 7. The largest absolute Gasteiger partial charge is 0.391 e. The minimum atomic E-state index is -0.882. The molecule has 3 unspecified atom stereocenters. The first-order chi connectivity index (χ1) is 10.5. The summed E-state index contributed by atoms with van der Waals surface area (Å²) in [5, 5.41) is 12.7. The Balaban J connectivity index is 1.87. The molecule has 1 aromatic rings. The fourth-order valence-electron chi connectivity index (χ4n) is 2.97. The standard InChI is InChI=1S/C17H23F2NO2/c1-3-10(4-2)15(21)9-20-17(22)13-8-12(13)11-6-5-7-14(18)16(11)19/h5-7,10,12-13,15,21H,3-4,8-9H2,1-2H3,(H,20,22). The minimum absolute atomic E-state index is 0.163. The number of benzene rings is 1. The van der Waals surface area contributed by atoms with Crippen molar-refractivity contribution in [3.05, 3.63) is 35.4 Å². The second-order valence-electron chi connectivity index (χ2n) is 5.98. The third kappa shape index (κ3) is 3.64. The van der Waals surface area contributed by atoms with Crippen LogP contribution in [0.15, 0.2) is 18.2 Å². The Labute approximate surface area is 129 Å². The summed E-state index contributed by atoms with van der Waals surface area (Å²) in [6.45, 7) is 4.21. The van der Waals surface area contributed by atoms with Gasteiger partial charge < -0.3 is 10.4 Å². The van der Waals surface area contributed by atoms with Gasteiger partial charge in [-0.2, -0.15) is 0 Å². The quantitative estimate of drug-likeness (QED) is 0.813. The average molecular weight is 311 g/mol. The average Bonchev–Trinajstić information content (AvgIpc) is 3.29. The maximum absolute atomic E-state index is 13.7. The van der Waals surface area contributed by atoms with Gasteiger partial charge >= 0.3 is 0 Å². The van der Waals surface area contributed by atoms with E-state index in [1.165, 1.54) is 12.1 Å². The summed E-state index contributed by atoms with van der Waals surface area (Å²) in [4.78, 5) is 12.1. The van der Waals surface area contributed by atoms with Crippen molar-refractivity contribution < 1.29 is 18.7 Å². The smallest absolute Gasteiger partial charge is 0.223 e. The van der Waals surface area contributed by atoms with Gasteiger partial charge in [0.2, 0.25) is 5.91 Å². The Morgan fingerprint density at radius 1 is 1.36 bits per heavy atom. The van der Waals surface area contributed by atoms with Gasteiger partial charge in [0.25, 0.3) is 0 Å². The van der Waals surface area contributed by atoms with Crippen LogP contribution in [0.4, 0.5) is 8.78 Å². The van der Waals surface area contributed by atoms with Crippen molar-refractivity contribution in [3.8, 4) is 0 Å². The molecule has 3 nitrogen and oxygen atoms in total. The molecule has 22 heavy (non-hydrogen) atoms. The van der Waals surface area contributed by atoms with Gasteiger partial charge in [-0.05, 0) is 29.9 Å². The monoisotopic (exact) mass is 311 g/mol. The minimum Gasteiger partial charge on any atom is -0.391 e. The van der Waals surface area contributed by atoms with Crippen molar-refractivity contribution in [1.29, 1.82) is 0 Å². The lowest BCUT2D eigenvalue weighted by molar-refractivity contribution is -0.123. The number of hydrogen-bond acceptors (Lipinski definition) is 2. The van der Waals surface area contributed by atoms with Gasteiger partial charge in [-0.15, -0.1) is 0 Å². The zero-order chi connectivity index (χ0) is 16.3. The van der Waals surface area contributed by atoms with E-state index in [4.69, 9.17) is 0 Å². The summed E-state index contributed by atoms with van der Waals surface area (Å²) in [5.74, 6) is -2.37. The Morgan fingerprint density at radius 3 is 2.68 bits per heavy atom. The van der Waals surface area contributed by atoms with Crippen LogP contribution >= 0.6 is 0 Å². The van der Waals surface area contributed by atoms with Crippen LogP contribution in [0.2, 0.25) is 0 Å². The summed E-state index contributed by atoms with van der Waals surface area (Å²) < 4.78 is 26.9. The Bertz CT molecular complexity index is 531. The van der Waals surface area contributed by atoms with Gasteiger partial charge in [0, 0.05) is 12.5 Å². The van der Waals surface area contributed by atoms with Gasteiger partial charge in [-0.1, -0.05) is 38.8 Å². The van der Waals surface area contributed by atoms with Crippen LogP contribution in [0.1, 0.15) is 44.6 Å². The van der Waals surface area contributed by atoms with Crippen molar-refractivity contribution in [3.63, 3.8) is 0 Å². The van der Waals surface area contributed by atoms with Crippen LogP contribution in [0.5, 0.6) is 0 Å². The molecule has 2 N–H and O–H groups in total. The summed E-state index contributed by atoms with van der Waals surface area (Å²) in [6.07, 6.45) is 1.66. The number of aliphatic hydroxyl groups excluding tert-OH is 1. The molecule has 1 fully saturated rings. The fraction of sp³-hybridized carbons (Fsp3) is 0.588. The number of halogens is 2. The number of carbonyl (C=O) groups excluding carboxylic acids is 1. The molecule has 1 amide bonds. The molecule has 1 aliphatic carbocycles. The molecular formula is C17H23F2NO2. The molecule has 0 aliphatic heterocycles. The molecule has 0 saturated heterocycles. The van der Waals surface area contributed by atoms with Crippen LogP contribution in [-0.4, -0.2) is 23.7 Å². The van der Waals surface area contributed by atoms with Crippen LogP contribution in [0.25, 0.3) is 0 Å². The van der Waals surface area contributed by atoms with E-state index in [0.29, 0.717) is 6.42 Å². The molecule has 0 radical (unpaired) electrons. The van der Waals surface area contributed by atoms with Gasteiger partial charge in [0.05, 0.1) is 6.10 Å². The first-order valence-electron chi connectivity index (χ1n) is 7.89. The van der Waals surface area contributed by atoms with Crippen LogP contribution in [0, 0.1) is 23.5 Å². The number of amides is 1. The molecule has 2 rings (SSSR count). The van der Waals surface area contributed by atoms with Gasteiger partial charge in [0.1, 0.15) is 0 Å². The Morgan fingerprint density at radius 2 is 2.05 bits per heavy atom. The molecule has 0 bridgehead atoms. The molecule has 0 aromatic heterocycles. The lowest BCUT2D eigenvalue weighted by atomic mass is 9.96. The van der Waals surface area contributed by atoms with Crippen LogP contribution in [0.3, 0.4) is 0 Å². The SMILES string of the molecule is CCC(CC)C(O)CNC(=O)C1CC1c1cccc(F)c1F. The van der Waals surface area contributed by atoms with E-state index in [2.05, 4.69) is 5.32 Å². The highest BCUT2D eigenvalue weighted by atomic mass is 19.2. The first-order valence-corrected chi connectivity index (χ1v) is 7.89. The molecule has 0 heterocycles. The fourth-order valence-corrected chi connectivity index (χ4v) is 2.97. The highest BCUT2D eigenvalue weighted by Crippen LogP contribution is 2.48. The maximum atomic E-state index is 13.7. The van der Waals surface area contributed by atoms with Crippen molar-refractivity contribution in [2.24, 2.45) is 11.8 Å². The number of aliphatic hydroxyl groups is 1. The highest BCUT2D eigenvalue weighted by Gasteiger charge is 2.45. The molecule has 5 heteroatoms. The van der Waals surface area contributed by atoms with Crippen LogP contribution in [-0.2, 0) is 4.79 Å². The third-order valence-electron chi connectivity index (χ3n) is 4.59. The van der Waals surface area contributed by atoms with Crippen molar-refractivity contribution in [2.45, 2.75) is 45.1 Å². The van der Waals surface area contributed by atoms with Gasteiger partial charge in [-0.25, -0.2) is 8.78 Å². The summed E-state index contributed by atoms with van der Waals surface area (Å²) >= 11 is 0. The predicted octanol–water partition coefficient (Wildman–Crippen LogP) is 2.98. The zero-order valence-electron chi connectivity index (χ0n) is 13.0. The Hall–Kier alpha value is -1.49. The van der Waals surface area contributed by atoms with E-state index < -0.39 is 17.7 Å². The lowest BCUT2D eigenvalue weighted by Crippen LogP contribution is -2.37. The normalized spacial score (nSPS) is 21.7. The molecular weight excluding hydrogens is 288 g/mol. The van der Waals surface area contributed by atoms with E-state index in [1.807, 2.05) is 13.8 Å². The summed E-state index contributed by atoms with van der Waals surface area (Å²) in [7, 11) is 0. The summed E-state index contributed by atoms with van der Waals surface area (Å²) in [5.41, 5.74) is 0.265. The topological polar surface area (TPSA) is 49.3 Å². The van der Waals surface area contributed by atoms with Gasteiger partial charge in [0.15, 0.2) is 11.6 Å². The summed E-state index contributed by atoms with van der Waals surface area (Å²) in [6, 6.07) is 4.05. The second kappa shape index (κ2) is 7.18. The van der Waals surface area contributed by atoms with E-state index in [1.54, 1.807) is 0 Å². The van der Waals surface area contributed by atoms with E-state index in [0.717, 1.165) is 18.9 Å². The lowest BCUT2D eigenvalue weighted by Gasteiger charge is -2.20. The highest BCUT2D eigenvalue weighted by molar-refractivity contribution is 5.82. The van der Waals surface area contributed by atoms with E-state index in [9.17, 15) is 18.7 Å². The second-order valence-corrected chi connectivity index (χ2v) is 5.98. The molecule has 0 spiro atoms. The number of carbonyl (C=O) groups is 1. The maximum Gasteiger partial charge on any atom is 0.223 e. The molecule has 1 saturated carbocycles. The molecule has 122 valence electrons. The number of hydrogen-bond donors (Lipinski definition) is 2. The van der Waals surface area contributed by atoms with Crippen molar-refractivity contribution in [2.75, 3.05) is 6.54 Å². The zero-order valence-corrected chi connectivity index (χ0v) is 13.0.